The zero-order valence-electron chi connectivity index (χ0n) is 23.0. The second-order valence-electron chi connectivity index (χ2n) is 10.5. The third-order valence-corrected chi connectivity index (χ3v) is 12.3. The monoisotopic (exact) mass is 645 g/mol. The number of fused-ring (bicyclic) bond motifs is 1. The Morgan fingerprint density at radius 1 is 1.02 bits per heavy atom. The highest BCUT2D eigenvalue weighted by Gasteiger charge is 2.51. The van der Waals surface area contributed by atoms with Gasteiger partial charge < -0.3 is 9.41 Å². The van der Waals surface area contributed by atoms with Gasteiger partial charge in [-0.25, -0.2) is 19.1 Å². The third-order valence-electron chi connectivity index (χ3n) is 7.73. The van der Waals surface area contributed by atoms with E-state index in [2.05, 4.69) is 37.4 Å². The lowest BCUT2D eigenvalue weighted by Gasteiger charge is -2.48. The van der Waals surface area contributed by atoms with Crippen molar-refractivity contribution in [1.82, 2.24) is 19.1 Å². The lowest BCUT2D eigenvalue weighted by molar-refractivity contribution is -0.384. The largest absolute Gasteiger partial charge is 0.379 e. The number of rotatable bonds is 6. The van der Waals surface area contributed by atoms with Crippen molar-refractivity contribution in [2.45, 2.75) is 25.8 Å². The Bertz CT molecular complexity index is 1750. The summed E-state index contributed by atoms with van der Waals surface area (Å²) in [6, 6.07) is 25.4. The first-order chi connectivity index (χ1) is 20.5. The summed E-state index contributed by atoms with van der Waals surface area (Å²) in [7, 11) is -2.81. The molecule has 1 unspecified atom stereocenters. The number of nitro groups is 1. The number of aliphatic imine (C=N–C) groups is 1. The summed E-state index contributed by atoms with van der Waals surface area (Å²) in [5, 5.41) is 17.7. The van der Waals surface area contributed by atoms with E-state index in [9.17, 15) is 10.1 Å². The summed E-state index contributed by atoms with van der Waals surface area (Å²) < 4.78 is 19.0. The molecular formula is C30H29BrN7O3P. The molecule has 4 aromatic rings. The van der Waals surface area contributed by atoms with Gasteiger partial charge in [0.2, 0.25) is 0 Å². The third kappa shape index (κ3) is 4.61. The Morgan fingerprint density at radius 3 is 2.36 bits per heavy atom. The minimum atomic E-state index is -2.81. The maximum absolute atomic E-state index is 11.6. The molecule has 2 fully saturated rings. The molecule has 1 saturated heterocycles. The predicted molar refractivity (Wildman–Crippen MR) is 168 cm³/mol. The highest BCUT2D eigenvalue weighted by Crippen LogP contribution is 2.66. The summed E-state index contributed by atoms with van der Waals surface area (Å²) in [6.45, 7) is 4.62. The standard InChI is InChI=1S/C30H29BrN7O3P/c1-21-28-30(36(33-21)23-10-6-3-7-11-23)32-29(22-8-4-2-5-9-22)37(24-12-13-24)42(28,35-16-18-41-19-17-35)34-27-15-14-25(38(39)40)20-26(27)31/h2-11,14-15,20,24H,12-13,16-19H2,1H3. The van der Waals surface area contributed by atoms with Gasteiger partial charge in [-0.2, -0.15) is 5.10 Å². The van der Waals surface area contributed by atoms with Gasteiger partial charge in [0, 0.05) is 36.8 Å². The fourth-order valence-electron chi connectivity index (χ4n) is 5.72. The van der Waals surface area contributed by atoms with Crippen LogP contribution >= 0.6 is 23.3 Å². The van der Waals surface area contributed by atoms with E-state index in [0.717, 1.165) is 46.7 Å². The van der Waals surface area contributed by atoms with Crippen molar-refractivity contribution in [2.24, 2.45) is 9.74 Å². The molecule has 1 aliphatic carbocycles. The van der Waals surface area contributed by atoms with Gasteiger partial charge in [0.25, 0.3) is 5.69 Å². The summed E-state index contributed by atoms with van der Waals surface area (Å²) in [6.07, 6.45) is 2.08. The zero-order valence-corrected chi connectivity index (χ0v) is 25.5. The van der Waals surface area contributed by atoms with Crippen LogP contribution in [0.3, 0.4) is 0 Å². The molecule has 7 rings (SSSR count). The zero-order chi connectivity index (χ0) is 28.8. The van der Waals surface area contributed by atoms with Crippen molar-refractivity contribution in [1.29, 1.82) is 0 Å². The van der Waals surface area contributed by atoms with E-state index >= 15 is 0 Å². The van der Waals surface area contributed by atoms with E-state index in [1.54, 1.807) is 6.07 Å². The molecule has 2 aliphatic heterocycles. The van der Waals surface area contributed by atoms with Gasteiger partial charge in [0.1, 0.15) is 5.84 Å². The molecule has 0 radical (unpaired) electrons. The smallest absolute Gasteiger partial charge is 0.270 e. The van der Waals surface area contributed by atoms with Crippen molar-refractivity contribution in [3.8, 4) is 5.69 Å². The summed E-state index contributed by atoms with van der Waals surface area (Å²) in [5.74, 6) is 1.65. The molecule has 10 nitrogen and oxygen atoms in total. The summed E-state index contributed by atoms with van der Waals surface area (Å²) in [5.41, 5.74) is 3.50. The number of aryl methyl sites for hydroxylation is 1. The van der Waals surface area contributed by atoms with Gasteiger partial charge in [-0.3, -0.25) is 10.1 Å². The number of morpholine rings is 1. The van der Waals surface area contributed by atoms with Gasteiger partial charge >= 0.3 is 0 Å². The van der Waals surface area contributed by atoms with E-state index in [0.29, 0.717) is 36.5 Å². The fraction of sp³-hybridized carbons (Fsp3) is 0.267. The van der Waals surface area contributed by atoms with Crippen molar-refractivity contribution in [2.75, 3.05) is 26.3 Å². The Kier molecular flexibility index (Phi) is 7.06. The number of halogens is 1. The summed E-state index contributed by atoms with van der Waals surface area (Å²) >= 11 is 3.63. The molecule has 1 aromatic heterocycles. The number of hydrogen-bond donors (Lipinski definition) is 0. The molecule has 3 heterocycles. The van der Waals surface area contributed by atoms with Crippen LogP contribution in [-0.2, 0) is 4.74 Å². The highest BCUT2D eigenvalue weighted by molar-refractivity contribution is 9.10. The van der Waals surface area contributed by atoms with Gasteiger partial charge in [0.05, 0.1) is 45.0 Å². The molecule has 0 N–H and O–H groups in total. The maximum atomic E-state index is 11.6. The van der Waals surface area contributed by atoms with Crippen LogP contribution in [0.2, 0.25) is 0 Å². The number of hydrogen-bond acceptors (Lipinski definition) is 6. The topological polar surface area (TPSA) is 101 Å². The predicted octanol–water partition coefficient (Wildman–Crippen LogP) is 6.73. The molecule has 1 saturated carbocycles. The van der Waals surface area contributed by atoms with Crippen LogP contribution in [0.1, 0.15) is 24.1 Å². The highest BCUT2D eigenvalue weighted by atomic mass is 79.9. The lowest BCUT2D eigenvalue weighted by Crippen LogP contribution is -2.47. The molecule has 12 heteroatoms. The first-order valence-electron chi connectivity index (χ1n) is 14.0. The molecule has 0 spiro atoms. The number of benzene rings is 3. The van der Waals surface area contributed by atoms with Crippen molar-refractivity contribution < 1.29 is 9.66 Å². The Hall–Kier alpha value is -3.63. The average molecular weight is 646 g/mol. The van der Waals surface area contributed by atoms with Crippen LogP contribution in [0, 0.1) is 17.0 Å². The van der Waals surface area contributed by atoms with E-state index in [-0.39, 0.29) is 16.7 Å². The fourth-order valence-corrected chi connectivity index (χ4v) is 10.6. The number of amidine groups is 1. The second-order valence-corrected chi connectivity index (χ2v) is 14.1. The molecule has 0 bridgehead atoms. The molecule has 0 amide bonds. The van der Waals surface area contributed by atoms with Crippen LogP contribution in [0.4, 0.5) is 17.2 Å². The van der Waals surface area contributed by atoms with Crippen LogP contribution in [-0.4, -0.2) is 62.2 Å². The lowest BCUT2D eigenvalue weighted by atomic mass is 10.2. The van der Waals surface area contributed by atoms with Gasteiger partial charge in [-0.15, -0.1) is 0 Å². The van der Waals surface area contributed by atoms with E-state index in [1.807, 2.05) is 60.1 Å². The van der Waals surface area contributed by atoms with Gasteiger partial charge in [0.15, 0.2) is 13.2 Å². The number of nitro benzene ring substituents is 1. The van der Waals surface area contributed by atoms with Crippen molar-refractivity contribution in [3.63, 3.8) is 0 Å². The molecule has 3 aromatic carbocycles. The Balaban J connectivity index is 1.59. The first kappa shape index (κ1) is 27.2. The average Bonchev–Trinajstić information content (AvgIpc) is 3.81. The number of para-hydroxylation sites is 1. The quantitative estimate of drug-likeness (QED) is 0.131. The van der Waals surface area contributed by atoms with E-state index in [4.69, 9.17) is 19.6 Å². The second kappa shape index (κ2) is 10.9. The van der Waals surface area contributed by atoms with Gasteiger partial charge in [-0.1, -0.05) is 48.5 Å². The van der Waals surface area contributed by atoms with Crippen LogP contribution in [0.5, 0.6) is 0 Å². The van der Waals surface area contributed by atoms with Crippen LogP contribution < -0.4 is 5.30 Å². The minimum Gasteiger partial charge on any atom is -0.379 e. The normalized spacial score (nSPS) is 20.6. The minimum absolute atomic E-state index is 0.0163. The van der Waals surface area contributed by atoms with E-state index in [1.165, 1.54) is 12.1 Å². The van der Waals surface area contributed by atoms with Crippen molar-refractivity contribution >= 4 is 51.6 Å². The number of nitrogens with zero attached hydrogens (tertiary/aromatic N) is 7. The molecule has 1 atom stereocenters. The van der Waals surface area contributed by atoms with Crippen LogP contribution in [0.15, 0.2) is 93.1 Å². The Morgan fingerprint density at radius 2 is 1.71 bits per heavy atom. The van der Waals surface area contributed by atoms with E-state index < -0.39 is 7.36 Å². The SMILES string of the molecule is Cc1nn(-c2ccccc2)c2c1P(=Nc1ccc([N+](=O)[O-])cc1Br)(N1CCOCC1)N(C1CC1)C(c1ccccc1)=N2. The maximum Gasteiger partial charge on any atom is 0.270 e. The summed E-state index contributed by atoms with van der Waals surface area (Å²) in [4.78, 5) is 16.6. The molecule has 3 aliphatic rings. The number of non-ortho nitro benzene ring substituents is 1. The number of ether oxygens (including phenoxy) is 1. The van der Waals surface area contributed by atoms with Crippen molar-refractivity contribution in [3.05, 3.63) is 105 Å². The number of aromatic nitrogens is 2. The molecule has 214 valence electrons. The van der Waals surface area contributed by atoms with Crippen LogP contribution in [0.25, 0.3) is 5.69 Å². The molecular weight excluding hydrogens is 617 g/mol. The first-order valence-corrected chi connectivity index (χ1v) is 16.4. The van der Waals surface area contributed by atoms with Gasteiger partial charge in [-0.05, 0) is 53.9 Å². The molecule has 42 heavy (non-hydrogen) atoms. The Labute approximate surface area is 252 Å².